The minimum absolute atomic E-state index is 0.433. The minimum Gasteiger partial charge on any atom is -0.497 e. The van der Waals surface area contributed by atoms with Gasteiger partial charge in [-0.15, -0.1) is 5.10 Å². The Hall–Kier alpha value is -3.75. The summed E-state index contributed by atoms with van der Waals surface area (Å²) in [6.45, 7) is 3.19. The third-order valence-electron chi connectivity index (χ3n) is 5.65. The van der Waals surface area contributed by atoms with Crippen molar-refractivity contribution in [2.24, 2.45) is 0 Å². The normalized spacial score (nSPS) is 16.1. The maximum Gasteiger partial charge on any atom is 0.245 e. The maximum absolute atomic E-state index is 5.38. The fourth-order valence-electron chi connectivity index (χ4n) is 3.96. The van der Waals surface area contributed by atoms with E-state index in [1.807, 2.05) is 51.8 Å². The second-order valence-electron chi connectivity index (χ2n) is 7.65. The van der Waals surface area contributed by atoms with Gasteiger partial charge in [0.1, 0.15) is 29.2 Å². The van der Waals surface area contributed by atoms with Crippen LogP contribution in [0.4, 0.5) is 17.6 Å². The van der Waals surface area contributed by atoms with Crippen LogP contribution in [0.25, 0.3) is 11.2 Å². The van der Waals surface area contributed by atoms with E-state index in [0.717, 1.165) is 42.4 Å². The highest BCUT2D eigenvalue weighted by Crippen LogP contribution is 2.28. The minimum atomic E-state index is 0.433. The molecule has 1 aliphatic rings. The molecule has 3 aromatic heterocycles. The standard InChI is InChI=1S/C22H25N7O2/c1-15-6-4-8-28(15)22-25-21(19-7-5-9-29(19)26-22)24-20-13-27(14-23-20)16-10-17(30-2)12-18(11-16)31-3/h5,7,9-15H,4,6,8H2,1-3H3,(H,24,25,26)/t15-/m1/s1. The Morgan fingerprint density at radius 3 is 2.65 bits per heavy atom. The fraction of sp³-hybridized carbons (Fsp3) is 0.318. The quantitative estimate of drug-likeness (QED) is 0.511. The van der Waals surface area contributed by atoms with Crippen LogP contribution in [-0.2, 0) is 0 Å². The van der Waals surface area contributed by atoms with Crippen LogP contribution in [-0.4, -0.2) is 51.0 Å². The van der Waals surface area contributed by atoms with E-state index in [2.05, 4.69) is 22.1 Å². The van der Waals surface area contributed by atoms with Gasteiger partial charge in [0, 0.05) is 37.0 Å². The summed E-state index contributed by atoms with van der Waals surface area (Å²) in [6.07, 6.45) is 7.91. The van der Waals surface area contributed by atoms with Crippen molar-refractivity contribution in [1.29, 1.82) is 0 Å². The van der Waals surface area contributed by atoms with Gasteiger partial charge in [-0.1, -0.05) is 0 Å². The smallest absolute Gasteiger partial charge is 0.245 e. The molecule has 4 aromatic rings. The Morgan fingerprint density at radius 2 is 1.94 bits per heavy atom. The predicted molar refractivity (Wildman–Crippen MR) is 119 cm³/mol. The van der Waals surface area contributed by atoms with Gasteiger partial charge in [0.05, 0.1) is 26.1 Å². The van der Waals surface area contributed by atoms with Gasteiger partial charge in [-0.05, 0) is 31.9 Å². The molecular weight excluding hydrogens is 394 g/mol. The Labute approximate surface area is 180 Å². The lowest BCUT2D eigenvalue weighted by molar-refractivity contribution is 0.394. The van der Waals surface area contributed by atoms with E-state index in [1.54, 1.807) is 20.5 Å². The highest BCUT2D eigenvalue weighted by Gasteiger charge is 2.24. The van der Waals surface area contributed by atoms with E-state index in [0.29, 0.717) is 23.4 Å². The maximum atomic E-state index is 5.38. The summed E-state index contributed by atoms with van der Waals surface area (Å²) < 4.78 is 14.5. The molecule has 0 saturated carbocycles. The third-order valence-corrected chi connectivity index (χ3v) is 5.65. The van der Waals surface area contributed by atoms with Gasteiger partial charge in [0.25, 0.3) is 0 Å². The molecule has 9 nitrogen and oxygen atoms in total. The van der Waals surface area contributed by atoms with E-state index >= 15 is 0 Å². The lowest BCUT2D eigenvalue weighted by Gasteiger charge is -2.22. The molecule has 1 atom stereocenters. The van der Waals surface area contributed by atoms with E-state index in [4.69, 9.17) is 19.6 Å². The second-order valence-corrected chi connectivity index (χ2v) is 7.65. The molecule has 0 radical (unpaired) electrons. The number of nitrogens with one attached hydrogen (secondary N) is 1. The SMILES string of the molecule is COc1cc(OC)cc(-n2cnc(Nc3nc(N4CCC[C@H]4C)nn4cccc34)c2)c1. The number of benzene rings is 1. The summed E-state index contributed by atoms with van der Waals surface area (Å²) in [5, 5.41) is 8.07. The topological polar surface area (TPSA) is 81.7 Å². The average Bonchev–Trinajstić information content (AvgIpc) is 3.54. The molecule has 31 heavy (non-hydrogen) atoms. The van der Waals surface area contributed by atoms with Crippen LogP contribution >= 0.6 is 0 Å². The average molecular weight is 419 g/mol. The summed E-state index contributed by atoms with van der Waals surface area (Å²) in [5.41, 5.74) is 1.78. The van der Waals surface area contributed by atoms with Crippen molar-refractivity contribution < 1.29 is 9.47 Å². The predicted octanol–water partition coefficient (Wildman–Crippen LogP) is 3.66. The zero-order valence-electron chi connectivity index (χ0n) is 17.8. The van der Waals surface area contributed by atoms with Gasteiger partial charge >= 0.3 is 0 Å². The number of fused-ring (bicyclic) bond motifs is 1. The molecule has 5 rings (SSSR count). The van der Waals surface area contributed by atoms with E-state index in [9.17, 15) is 0 Å². The van der Waals surface area contributed by atoms with E-state index in [-0.39, 0.29) is 0 Å². The lowest BCUT2D eigenvalue weighted by atomic mass is 10.2. The van der Waals surface area contributed by atoms with Crippen LogP contribution < -0.4 is 19.7 Å². The van der Waals surface area contributed by atoms with Gasteiger partial charge in [-0.3, -0.25) is 0 Å². The number of hydrogen-bond acceptors (Lipinski definition) is 7. The van der Waals surface area contributed by atoms with Gasteiger partial charge in [-0.25, -0.2) is 9.50 Å². The van der Waals surface area contributed by atoms with Gasteiger partial charge in [0.15, 0.2) is 5.82 Å². The van der Waals surface area contributed by atoms with Crippen molar-refractivity contribution >= 4 is 23.1 Å². The zero-order valence-corrected chi connectivity index (χ0v) is 17.8. The zero-order chi connectivity index (χ0) is 21.4. The van der Waals surface area contributed by atoms with Crippen LogP contribution in [0.1, 0.15) is 19.8 Å². The summed E-state index contributed by atoms with van der Waals surface area (Å²) in [7, 11) is 3.27. The largest absolute Gasteiger partial charge is 0.497 e. The van der Waals surface area contributed by atoms with Crippen molar-refractivity contribution in [1.82, 2.24) is 24.1 Å². The number of imidazole rings is 1. The first-order valence-corrected chi connectivity index (χ1v) is 10.3. The molecule has 1 saturated heterocycles. The Balaban J connectivity index is 1.47. The van der Waals surface area contributed by atoms with Gasteiger partial charge < -0.3 is 24.3 Å². The molecule has 0 spiro atoms. The number of nitrogens with zero attached hydrogens (tertiary/aromatic N) is 6. The van der Waals surface area contributed by atoms with Crippen LogP contribution in [0.3, 0.4) is 0 Å². The third kappa shape index (κ3) is 3.63. The second kappa shape index (κ2) is 7.82. The van der Waals surface area contributed by atoms with E-state index in [1.165, 1.54) is 0 Å². The molecule has 0 amide bonds. The molecule has 1 aliphatic heterocycles. The number of ether oxygens (including phenoxy) is 2. The van der Waals surface area contributed by atoms with Crippen LogP contribution in [0, 0.1) is 0 Å². The van der Waals surface area contributed by atoms with E-state index < -0.39 is 0 Å². The molecule has 0 aliphatic carbocycles. The Morgan fingerprint density at radius 1 is 1.13 bits per heavy atom. The van der Waals surface area contributed by atoms with Crippen LogP contribution in [0.15, 0.2) is 49.1 Å². The Kier molecular flexibility index (Phi) is 4.85. The molecule has 160 valence electrons. The number of methoxy groups -OCH3 is 2. The molecular formula is C22H25N7O2. The van der Waals surface area contributed by atoms with Crippen molar-refractivity contribution in [2.75, 3.05) is 31.0 Å². The number of aromatic nitrogens is 5. The molecule has 9 heteroatoms. The first-order valence-electron chi connectivity index (χ1n) is 10.3. The molecule has 4 heterocycles. The monoisotopic (exact) mass is 419 g/mol. The number of anilines is 3. The number of rotatable bonds is 6. The van der Waals surface area contributed by atoms with Gasteiger partial charge in [0.2, 0.25) is 5.95 Å². The molecule has 1 fully saturated rings. The van der Waals surface area contributed by atoms with Crippen LogP contribution in [0.2, 0.25) is 0 Å². The van der Waals surface area contributed by atoms with Crippen molar-refractivity contribution in [3.05, 3.63) is 49.1 Å². The first-order chi connectivity index (χ1) is 15.1. The van der Waals surface area contributed by atoms with Crippen molar-refractivity contribution in [3.8, 4) is 17.2 Å². The Bertz CT molecular complexity index is 1190. The molecule has 0 unspecified atom stereocenters. The molecule has 1 N–H and O–H groups in total. The molecule has 1 aromatic carbocycles. The first kappa shape index (κ1) is 19.2. The fourth-order valence-corrected chi connectivity index (χ4v) is 3.96. The van der Waals surface area contributed by atoms with Crippen molar-refractivity contribution in [3.63, 3.8) is 0 Å². The lowest BCUT2D eigenvalue weighted by Crippen LogP contribution is -2.29. The summed E-state index contributed by atoms with van der Waals surface area (Å²) in [4.78, 5) is 11.6. The summed E-state index contributed by atoms with van der Waals surface area (Å²) >= 11 is 0. The van der Waals surface area contributed by atoms with Crippen molar-refractivity contribution in [2.45, 2.75) is 25.8 Å². The van der Waals surface area contributed by atoms with Gasteiger partial charge in [-0.2, -0.15) is 4.98 Å². The summed E-state index contributed by atoms with van der Waals surface area (Å²) in [6, 6.07) is 10.1. The van der Waals surface area contributed by atoms with Crippen LogP contribution in [0.5, 0.6) is 11.5 Å². The number of hydrogen-bond donors (Lipinski definition) is 1. The highest BCUT2D eigenvalue weighted by molar-refractivity contribution is 5.73. The molecule has 0 bridgehead atoms. The highest BCUT2D eigenvalue weighted by atomic mass is 16.5. The summed E-state index contributed by atoms with van der Waals surface area (Å²) in [5.74, 6) is 3.57.